The quantitative estimate of drug-likeness (QED) is 0.779. The zero-order valence-electron chi connectivity index (χ0n) is 10.7. The monoisotopic (exact) mass is 289 g/mol. The van der Waals surface area contributed by atoms with Crippen LogP contribution in [-0.2, 0) is 9.59 Å². The Bertz CT molecular complexity index is 647. The van der Waals surface area contributed by atoms with Crippen LogP contribution in [-0.4, -0.2) is 44.9 Å². The molecular weight excluding hydrogens is 278 g/mol. The summed E-state index contributed by atoms with van der Waals surface area (Å²) in [4.78, 5) is 47.5. The molecule has 1 aliphatic heterocycles. The largest absolute Gasteiger partial charge is 0.481 e. The normalized spacial score (nSPS) is 24.7. The molecule has 0 spiro atoms. The topological polar surface area (TPSA) is 112 Å². The summed E-state index contributed by atoms with van der Waals surface area (Å²) in [6.07, 6.45) is 0.152. The van der Waals surface area contributed by atoms with Gasteiger partial charge in [0.1, 0.15) is 6.04 Å². The maximum atomic E-state index is 12.3. The highest BCUT2D eigenvalue weighted by Gasteiger charge is 2.56. The Morgan fingerprint density at radius 3 is 2.00 bits per heavy atom. The number of hydrogen-bond acceptors (Lipinski definition) is 4. The van der Waals surface area contributed by atoms with Gasteiger partial charge in [-0.3, -0.25) is 19.3 Å². The van der Waals surface area contributed by atoms with E-state index in [0.29, 0.717) is 4.90 Å². The van der Waals surface area contributed by atoms with E-state index in [4.69, 9.17) is 5.11 Å². The standard InChI is InChI=1S/C14H11NO6/c16-11-6-3-1-2-4-7(6)12(17)15(11)10(14(20)21)8-5-9(8)13(18)19/h1-4,8-10H,5H2,(H,18,19)(H,20,21)/t8-,9+,10-/m0/s1. The van der Waals surface area contributed by atoms with Gasteiger partial charge in [-0.15, -0.1) is 0 Å². The summed E-state index contributed by atoms with van der Waals surface area (Å²) in [5.74, 6) is -5.39. The van der Waals surface area contributed by atoms with Crippen LogP contribution in [0.4, 0.5) is 0 Å². The molecule has 1 aliphatic carbocycles. The SMILES string of the molecule is O=C(O)[C@H]([C@H]1C[C@H]1C(=O)O)N1C(=O)c2ccccc2C1=O. The Kier molecular flexibility index (Phi) is 2.79. The van der Waals surface area contributed by atoms with Crippen molar-refractivity contribution in [2.75, 3.05) is 0 Å². The van der Waals surface area contributed by atoms with Crippen molar-refractivity contribution in [1.29, 1.82) is 0 Å². The Labute approximate surface area is 118 Å². The van der Waals surface area contributed by atoms with Crippen LogP contribution in [0.1, 0.15) is 27.1 Å². The first kappa shape index (κ1) is 13.3. The molecule has 1 saturated carbocycles. The van der Waals surface area contributed by atoms with E-state index in [0.717, 1.165) is 0 Å². The Balaban J connectivity index is 1.96. The number of amides is 2. The molecule has 1 fully saturated rings. The summed E-state index contributed by atoms with van der Waals surface area (Å²) in [7, 11) is 0. The second-order valence-corrected chi connectivity index (χ2v) is 5.15. The van der Waals surface area contributed by atoms with Gasteiger partial charge in [-0.2, -0.15) is 0 Å². The highest BCUT2D eigenvalue weighted by molar-refractivity contribution is 6.22. The minimum Gasteiger partial charge on any atom is -0.481 e. The Hall–Kier alpha value is -2.70. The summed E-state index contributed by atoms with van der Waals surface area (Å²) < 4.78 is 0. The fourth-order valence-corrected chi connectivity index (χ4v) is 2.79. The van der Waals surface area contributed by atoms with Crippen LogP contribution in [0.15, 0.2) is 24.3 Å². The molecule has 108 valence electrons. The van der Waals surface area contributed by atoms with E-state index in [1.165, 1.54) is 12.1 Å². The molecule has 3 atom stereocenters. The minimum absolute atomic E-state index is 0.152. The van der Waals surface area contributed by atoms with Crippen LogP contribution in [0.5, 0.6) is 0 Å². The van der Waals surface area contributed by atoms with Gasteiger partial charge < -0.3 is 10.2 Å². The van der Waals surface area contributed by atoms with Crippen LogP contribution in [0.3, 0.4) is 0 Å². The number of nitrogens with zero attached hydrogens (tertiary/aromatic N) is 1. The van der Waals surface area contributed by atoms with E-state index in [2.05, 4.69) is 0 Å². The minimum atomic E-state index is -1.43. The number of hydrogen-bond donors (Lipinski definition) is 2. The molecule has 0 bridgehead atoms. The lowest BCUT2D eigenvalue weighted by Gasteiger charge is -2.22. The summed E-state index contributed by atoms with van der Waals surface area (Å²) in [5, 5.41) is 18.2. The summed E-state index contributed by atoms with van der Waals surface area (Å²) in [5.41, 5.74) is 0.308. The van der Waals surface area contributed by atoms with E-state index in [1.54, 1.807) is 12.1 Å². The molecule has 7 heteroatoms. The summed E-state index contributed by atoms with van der Waals surface area (Å²) >= 11 is 0. The van der Waals surface area contributed by atoms with Crippen molar-refractivity contribution < 1.29 is 29.4 Å². The zero-order chi connectivity index (χ0) is 15.3. The first-order valence-corrected chi connectivity index (χ1v) is 6.36. The van der Waals surface area contributed by atoms with Gasteiger partial charge in [0.15, 0.2) is 0 Å². The van der Waals surface area contributed by atoms with Gasteiger partial charge in [0.25, 0.3) is 11.8 Å². The summed E-state index contributed by atoms with van der Waals surface area (Å²) in [6.45, 7) is 0. The van der Waals surface area contributed by atoms with Crippen molar-refractivity contribution in [2.24, 2.45) is 11.8 Å². The lowest BCUT2D eigenvalue weighted by atomic mass is 10.1. The molecule has 0 radical (unpaired) electrons. The first-order valence-electron chi connectivity index (χ1n) is 6.36. The van der Waals surface area contributed by atoms with Crippen molar-refractivity contribution in [3.8, 4) is 0 Å². The molecule has 0 aromatic heterocycles. The van der Waals surface area contributed by atoms with E-state index >= 15 is 0 Å². The van der Waals surface area contributed by atoms with Crippen molar-refractivity contribution in [3.63, 3.8) is 0 Å². The van der Waals surface area contributed by atoms with Crippen LogP contribution in [0, 0.1) is 11.8 Å². The molecule has 0 unspecified atom stereocenters. The Morgan fingerprint density at radius 2 is 1.62 bits per heavy atom. The molecular formula is C14H11NO6. The van der Waals surface area contributed by atoms with Crippen molar-refractivity contribution in [3.05, 3.63) is 35.4 Å². The lowest BCUT2D eigenvalue weighted by Crippen LogP contribution is -2.46. The third kappa shape index (κ3) is 1.89. The van der Waals surface area contributed by atoms with Gasteiger partial charge in [-0.1, -0.05) is 12.1 Å². The molecule has 1 aromatic rings. The number of aliphatic carboxylic acids is 2. The number of carboxylic acids is 2. The number of carboxylic acid groups (broad SMARTS) is 2. The van der Waals surface area contributed by atoms with Gasteiger partial charge in [0, 0.05) is 5.92 Å². The van der Waals surface area contributed by atoms with Gasteiger partial charge in [0.05, 0.1) is 17.0 Å². The van der Waals surface area contributed by atoms with Crippen molar-refractivity contribution in [2.45, 2.75) is 12.5 Å². The molecule has 21 heavy (non-hydrogen) atoms. The van der Waals surface area contributed by atoms with E-state index in [9.17, 15) is 24.3 Å². The second-order valence-electron chi connectivity index (χ2n) is 5.15. The zero-order valence-corrected chi connectivity index (χ0v) is 10.7. The van der Waals surface area contributed by atoms with Crippen LogP contribution in [0.25, 0.3) is 0 Å². The molecule has 1 aromatic carbocycles. The van der Waals surface area contributed by atoms with Crippen LogP contribution >= 0.6 is 0 Å². The molecule has 3 rings (SSSR count). The van der Waals surface area contributed by atoms with Crippen molar-refractivity contribution in [1.82, 2.24) is 4.90 Å². The van der Waals surface area contributed by atoms with Crippen LogP contribution < -0.4 is 0 Å². The third-order valence-corrected chi connectivity index (χ3v) is 3.92. The predicted octanol–water partition coefficient (Wildman–Crippen LogP) is 0.456. The molecule has 7 nitrogen and oxygen atoms in total. The second kappa shape index (κ2) is 4.41. The molecule has 2 aliphatic rings. The number of carbonyl (C=O) groups excluding carboxylic acids is 2. The number of rotatable bonds is 4. The van der Waals surface area contributed by atoms with Crippen LogP contribution in [0.2, 0.25) is 0 Å². The molecule has 2 amide bonds. The fourth-order valence-electron chi connectivity index (χ4n) is 2.79. The molecule has 1 heterocycles. The summed E-state index contributed by atoms with van der Waals surface area (Å²) in [6, 6.07) is 4.64. The van der Waals surface area contributed by atoms with Gasteiger partial charge in [-0.05, 0) is 18.6 Å². The lowest BCUT2D eigenvalue weighted by molar-refractivity contribution is -0.143. The maximum absolute atomic E-state index is 12.3. The third-order valence-electron chi connectivity index (χ3n) is 3.92. The van der Waals surface area contributed by atoms with Gasteiger partial charge in [0.2, 0.25) is 0 Å². The smallest absolute Gasteiger partial charge is 0.327 e. The average Bonchev–Trinajstić information content (AvgIpc) is 3.18. The number of carbonyl (C=O) groups is 4. The highest BCUT2D eigenvalue weighted by Crippen LogP contribution is 2.45. The van der Waals surface area contributed by atoms with E-state index in [-0.39, 0.29) is 17.5 Å². The number of fused-ring (bicyclic) bond motifs is 1. The number of benzene rings is 1. The molecule has 0 saturated heterocycles. The van der Waals surface area contributed by atoms with Gasteiger partial charge >= 0.3 is 11.9 Å². The first-order chi connectivity index (χ1) is 9.93. The van der Waals surface area contributed by atoms with E-state index < -0.39 is 41.6 Å². The highest BCUT2D eigenvalue weighted by atomic mass is 16.4. The Morgan fingerprint density at radius 1 is 1.10 bits per heavy atom. The van der Waals surface area contributed by atoms with Gasteiger partial charge in [-0.25, -0.2) is 4.79 Å². The predicted molar refractivity (Wildman–Crippen MR) is 67.6 cm³/mol. The van der Waals surface area contributed by atoms with E-state index in [1.807, 2.05) is 0 Å². The average molecular weight is 289 g/mol. The number of imide groups is 1. The van der Waals surface area contributed by atoms with Crippen molar-refractivity contribution >= 4 is 23.8 Å². The molecule has 2 N–H and O–H groups in total. The fraction of sp³-hybridized carbons (Fsp3) is 0.286. The maximum Gasteiger partial charge on any atom is 0.327 e.